The zero-order valence-electron chi connectivity index (χ0n) is 10.9. The summed E-state index contributed by atoms with van der Waals surface area (Å²) in [7, 11) is 1.21. The Morgan fingerprint density at radius 2 is 1.95 bits per heavy atom. The van der Waals surface area contributed by atoms with Crippen LogP contribution in [0.2, 0.25) is 0 Å². The summed E-state index contributed by atoms with van der Waals surface area (Å²) in [6, 6.07) is 3.35. The average molecular weight is 310 g/mol. The van der Waals surface area contributed by atoms with Crippen LogP contribution in [0.25, 0.3) is 0 Å². The van der Waals surface area contributed by atoms with Gasteiger partial charge in [-0.15, -0.1) is 0 Å². The Morgan fingerprint density at radius 1 is 1.32 bits per heavy atom. The first-order valence-electron chi connectivity index (χ1n) is 5.97. The maximum absolute atomic E-state index is 13.6. The first kappa shape index (κ1) is 16.2. The van der Waals surface area contributed by atoms with Gasteiger partial charge in [0.2, 0.25) is 0 Å². The minimum absolute atomic E-state index is 0.0243. The van der Waals surface area contributed by atoms with E-state index in [1.54, 1.807) is 0 Å². The van der Waals surface area contributed by atoms with Crippen LogP contribution in [0.4, 0.5) is 4.39 Å². The second-order valence-electron chi connectivity index (χ2n) is 3.91. The van der Waals surface area contributed by atoms with Crippen molar-refractivity contribution in [1.82, 2.24) is 4.90 Å². The van der Waals surface area contributed by atoms with Gasteiger partial charge in [-0.25, -0.2) is 12.8 Å². The van der Waals surface area contributed by atoms with E-state index < -0.39 is 14.9 Å². The van der Waals surface area contributed by atoms with E-state index in [1.165, 1.54) is 12.1 Å². The monoisotopic (exact) mass is 309 g/mol. The lowest BCUT2D eigenvalue weighted by molar-refractivity contribution is 0.217. The van der Waals surface area contributed by atoms with E-state index in [0.29, 0.717) is 13.2 Å². The third kappa shape index (κ3) is 4.97. The number of hydrogen-bond acceptors (Lipinski definition) is 4. The van der Waals surface area contributed by atoms with Crippen LogP contribution in [-0.2, 0) is 9.05 Å². The minimum atomic E-state index is -3.92. The van der Waals surface area contributed by atoms with Crippen LogP contribution in [0.5, 0.6) is 5.75 Å². The van der Waals surface area contributed by atoms with Crippen molar-refractivity contribution >= 4 is 19.7 Å². The number of ether oxygens (including phenoxy) is 1. The van der Waals surface area contributed by atoms with Crippen LogP contribution in [0.15, 0.2) is 23.1 Å². The molecule has 0 aliphatic carbocycles. The standard InChI is InChI=1S/C12H17ClFNO3S/c1-3-15(4-2)7-8-18-12-6-5-10(9-11(12)14)19(13,16)17/h5-6,9H,3-4,7-8H2,1-2H3. The van der Waals surface area contributed by atoms with Gasteiger partial charge in [0.05, 0.1) is 4.90 Å². The highest BCUT2D eigenvalue weighted by molar-refractivity contribution is 8.13. The van der Waals surface area contributed by atoms with Crippen molar-refractivity contribution in [3.63, 3.8) is 0 Å². The van der Waals surface area contributed by atoms with Gasteiger partial charge in [0.1, 0.15) is 6.61 Å². The summed E-state index contributed by atoms with van der Waals surface area (Å²) in [5.41, 5.74) is 0. The van der Waals surface area contributed by atoms with Gasteiger partial charge < -0.3 is 9.64 Å². The van der Waals surface area contributed by atoms with E-state index in [9.17, 15) is 12.8 Å². The molecule has 4 nitrogen and oxygen atoms in total. The molecule has 0 spiro atoms. The van der Waals surface area contributed by atoms with Gasteiger partial charge in [-0.3, -0.25) is 0 Å². The van der Waals surface area contributed by atoms with Crippen LogP contribution < -0.4 is 4.74 Å². The van der Waals surface area contributed by atoms with E-state index in [0.717, 1.165) is 19.2 Å². The molecule has 0 unspecified atom stereocenters. The summed E-state index contributed by atoms with van der Waals surface area (Å²) in [6.45, 7) is 6.87. The molecule has 1 rings (SSSR count). The second kappa shape index (κ2) is 7.07. The summed E-state index contributed by atoms with van der Waals surface area (Å²) in [4.78, 5) is 1.86. The van der Waals surface area contributed by atoms with Gasteiger partial charge in [0, 0.05) is 17.2 Å². The number of likely N-dealkylation sites (N-methyl/N-ethyl adjacent to an activating group) is 1. The Balaban J connectivity index is 2.66. The molecule has 0 bridgehead atoms. The predicted molar refractivity (Wildman–Crippen MR) is 72.7 cm³/mol. The molecular weight excluding hydrogens is 293 g/mol. The van der Waals surface area contributed by atoms with E-state index in [2.05, 4.69) is 4.90 Å². The van der Waals surface area contributed by atoms with Crippen molar-refractivity contribution < 1.29 is 17.5 Å². The van der Waals surface area contributed by atoms with Crippen molar-refractivity contribution in [3.05, 3.63) is 24.0 Å². The van der Waals surface area contributed by atoms with Gasteiger partial charge in [-0.05, 0) is 31.3 Å². The third-order valence-corrected chi connectivity index (χ3v) is 4.10. The SMILES string of the molecule is CCN(CC)CCOc1ccc(S(=O)(=O)Cl)cc1F. The van der Waals surface area contributed by atoms with Crippen LogP contribution in [0, 0.1) is 5.82 Å². The molecule has 1 aromatic rings. The Labute approximate surface area is 117 Å². The molecule has 0 amide bonds. The quantitative estimate of drug-likeness (QED) is 0.726. The van der Waals surface area contributed by atoms with Crippen molar-refractivity contribution in [2.24, 2.45) is 0 Å². The van der Waals surface area contributed by atoms with E-state index >= 15 is 0 Å². The molecule has 0 fully saturated rings. The third-order valence-electron chi connectivity index (χ3n) is 2.74. The molecule has 0 radical (unpaired) electrons. The first-order valence-corrected chi connectivity index (χ1v) is 8.28. The highest BCUT2D eigenvalue weighted by Gasteiger charge is 2.13. The molecule has 0 saturated carbocycles. The number of halogens is 2. The van der Waals surface area contributed by atoms with Gasteiger partial charge in [0.25, 0.3) is 9.05 Å². The van der Waals surface area contributed by atoms with E-state index in [-0.39, 0.29) is 10.6 Å². The highest BCUT2D eigenvalue weighted by atomic mass is 35.7. The lowest BCUT2D eigenvalue weighted by atomic mass is 10.3. The number of rotatable bonds is 7. The molecule has 0 aliphatic rings. The summed E-state index contributed by atoms with van der Waals surface area (Å²) in [5.74, 6) is -0.711. The average Bonchev–Trinajstić information content (AvgIpc) is 2.35. The Hall–Kier alpha value is -0.850. The zero-order valence-corrected chi connectivity index (χ0v) is 12.5. The molecule has 1 aromatic carbocycles. The lowest BCUT2D eigenvalue weighted by Crippen LogP contribution is -2.28. The topological polar surface area (TPSA) is 46.6 Å². The molecule has 7 heteroatoms. The van der Waals surface area contributed by atoms with Crippen molar-refractivity contribution in [2.45, 2.75) is 18.7 Å². The van der Waals surface area contributed by atoms with Gasteiger partial charge in [0.15, 0.2) is 11.6 Å². The first-order chi connectivity index (χ1) is 8.88. The molecule has 0 aliphatic heterocycles. The Morgan fingerprint density at radius 3 is 2.42 bits per heavy atom. The van der Waals surface area contributed by atoms with Crippen molar-refractivity contribution in [2.75, 3.05) is 26.2 Å². The fourth-order valence-corrected chi connectivity index (χ4v) is 2.34. The molecule has 0 aromatic heterocycles. The van der Waals surface area contributed by atoms with Gasteiger partial charge >= 0.3 is 0 Å². The molecule has 0 N–H and O–H groups in total. The molecule has 19 heavy (non-hydrogen) atoms. The lowest BCUT2D eigenvalue weighted by Gasteiger charge is -2.18. The zero-order chi connectivity index (χ0) is 14.5. The van der Waals surface area contributed by atoms with Crippen molar-refractivity contribution in [1.29, 1.82) is 0 Å². The molecular formula is C12H17ClFNO3S. The number of nitrogens with zero attached hydrogens (tertiary/aromatic N) is 1. The summed E-state index contributed by atoms with van der Waals surface area (Å²) < 4.78 is 40.9. The largest absolute Gasteiger partial charge is 0.489 e. The second-order valence-corrected chi connectivity index (χ2v) is 6.47. The predicted octanol–water partition coefficient (Wildman–Crippen LogP) is 2.47. The fourth-order valence-electron chi connectivity index (χ4n) is 1.57. The van der Waals surface area contributed by atoms with Gasteiger partial charge in [-0.2, -0.15) is 0 Å². The van der Waals surface area contributed by atoms with Crippen LogP contribution in [0.3, 0.4) is 0 Å². The van der Waals surface area contributed by atoms with Crippen LogP contribution in [0.1, 0.15) is 13.8 Å². The maximum Gasteiger partial charge on any atom is 0.261 e. The Kier molecular flexibility index (Phi) is 6.03. The van der Waals surface area contributed by atoms with E-state index in [1.807, 2.05) is 13.8 Å². The minimum Gasteiger partial charge on any atom is -0.489 e. The van der Waals surface area contributed by atoms with Crippen LogP contribution in [-0.4, -0.2) is 39.6 Å². The summed E-state index contributed by atoms with van der Waals surface area (Å²) >= 11 is 0. The van der Waals surface area contributed by atoms with Crippen molar-refractivity contribution in [3.8, 4) is 5.75 Å². The smallest absolute Gasteiger partial charge is 0.261 e. The fraction of sp³-hybridized carbons (Fsp3) is 0.500. The molecule has 0 saturated heterocycles. The molecule has 108 valence electrons. The van der Waals surface area contributed by atoms with E-state index in [4.69, 9.17) is 15.4 Å². The summed E-state index contributed by atoms with van der Waals surface area (Å²) in [6.07, 6.45) is 0. The van der Waals surface area contributed by atoms with Crippen LogP contribution >= 0.6 is 10.7 Å². The Bertz CT molecular complexity index is 518. The number of benzene rings is 1. The maximum atomic E-state index is 13.6. The normalized spacial score (nSPS) is 11.8. The van der Waals surface area contributed by atoms with Gasteiger partial charge in [-0.1, -0.05) is 13.8 Å². The number of hydrogen-bond donors (Lipinski definition) is 0. The highest BCUT2D eigenvalue weighted by Crippen LogP contribution is 2.23. The summed E-state index contributed by atoms with van der Waals surface area (Å²) in [5, 5.41) is 0. The molecule has 0 atom stereocenters. The molecule has 0 heterocycles.